The Balaban J connectivity index is 1.90. The zero-order valence-corrected chi connectivity index (χ0v) is 22.4. The molecule has 0 radical (unpaired) electrons. The maximum absolute atomic E-state index is 13.5. The van der Waals surface area contributed by atoms with Crippen LogP contribution in [-0.2, 0) is 22.6 Å². The van der Waals surface area contributed by atoms with Gasteiger partial charge < -0.3 is 15.0 Å². The highest BCUT2D eigenvalue weighted by atomic mass is 79.9. The Morgan fingerprint density at radius 3 is 2.21 bits per heavy atom. The molecule has 1 N–H and O–H groups in total. The van der Waals surface area contributed by atoms with Gasteiger partial charge >= 0.3 is 0 Å². The molecular formula is C27H28Br2N2O3. The smallest absolute Gasteiger partial charge is 0.261 e. The quantitative estimate of drug-likeness (QED) is 0.328. The van der Waals surface area contributed by atoms with E-state index < -0.39 is 6.04 Å². The minimum absolute atomic E-state index is 0.0485. The summed E-state index contributed by atoms with van der Waals surface area (Å²) in [4.78, 5) is 28.4. The van der Waals surface area contributed by atoms with Crippen molar-refractivity contribution in [2.24, 2.45) is 0 Å². The number of halogens is 2. The second-order valence-corrected chi connectivity index (χ2v) is 10.1. The van der Waals surface area contributed by atoms with Crippen LogP contribution in [0.15, 0.2) is 87.8 Å². The van der Waals surface area contributed by atoms with Crippen LogP contribution in [0, 0.1) is 0 Å². The summed E-state index contributed by atoms with van der Waals surface area (Å²) in [7, 11) is 0. The van der Waals surface area contributed by atoms with E-state index in [0.717, 1.165) is 20.1 Å². The van der Waals surface area contributed by atoms with Gasteiger partial charge in [-0.25, -0.2) is 0 Å². The third kappa shape index (κ3) is 7.99. The number of nitrogens with zero attached hydrogens (tertiary/aromatic N) is 1. The van der Waals surface area contributed by atoms with E-state index in [9.17, 15) is 9.59 Å². The van der Waals surface area contributed by atoms with E-state index in [1.165, 1.54) is 0 Å². The fraction of sp³-hybridized carbons (Fsp3) is 0.259. The summed E-state index contributed by atoms with van der Waals surface area (Å²) in [6, 6.07) is 24.0. The molecular weight excluding hydrogens is 560 g/mol. The summed E-state index contributed by atoms with van der Waals surface area (Å²) < 4.78 is 7.61. The van der Waals surface area contributed by atoms with Gasteiger partial charge in [0.25, 0.3) is 5.91 Å². The van der Waals surface area contributed by atoms with Crippen molar-refractivity contribution >= 4 is 43.7 Å². The van der Waals surface area contributed by atoms with E-state index in [1.54, 1.807) is 17.0 Å². The van der Waals surface area contributed by atoms with Crippen LogP contribution < -0.4 is 10.1 Å². The molecule has 1 atom stereocenters. The van der Waals surface area contributed by atoms with E-state index in [0.29, 0.717) is 12.2 Å². The van der Waals surface area contributed by atoms with Gasteiger partial charge in [-0.05, 0) is 61.4 Å². The maximum atomic E-state index is 13.5. The first kappa shape index (κ1) is 26.0. The van der Waals surface area contributed by atoms with E-state index in [2.05, 4.69) is 37.2 Å². The minimum atomic E-state index is -0.690. The van der Waals surface area contributed by atoms with E-state index in [-0.39, 0.29) is 31.0 Å². The second-order valence-electron chi connectivity index (χ2n) is 8.26. The highest BCUT2D eigenvalue weighted by Crippen LogP contribution is 2.20. The molecule has 0 saturated carbocycles. The molecule has 0 aromatic heterocycles. The Hall–Kier alpha value is -2.64. The number of carbonyl (C=O) groups excluding carboxylic acids is 2. The van der Waals surface area contributed by atoms with Crippen molar-refractivity contribution < 1.29 is 14.3 Å². The Kier molecular flexibility index (Phi) is 9.72. The summed E-state index contributed by atoms with van der Waals surface area (Å²) in [5.74, 6) is 0.138. The lowest BCUT2D eigenvalue weighted by molar-refractivity contribution is -0.143. The first-order valence-electron chi connectivity index (χ1n) is 11.1. The normalized spacial score (nSPS) is 11.7. The van der Waals surface area contributed by atoms with Crippen LogP contribution in [0.1, 0.15) is 25.0 Å². The van der Waals surface area contributed by atoms with Crippen LogP contribution in [-0.4, -0.2) is 35.4 Å². The van der Waals surface area contributed by atoms with Crippen molar-refractivity contribution in [2.45, 2.75) is 38.9 Å². The molecule has 3 rings (SSSR count). The number of rotatable bonds is 10. The van der Waals surface area contributed by atoms with Gasteiger partial charge in [-0.2, -0.15) is 0 Å². The monoisotopic (exact) mass is 586 g/mol. The number of amides is 2. The Morgan fingerprint density at radius 2 is 1.56 bits per heavy atom. The molecule has 7 heteroatoms. The maximum Gasteiger partial charge on any atom is 0.261 e. The molecule has 5 nitrogen and oxygen atoms in total. The molecule has 0 aliphatic carbocycles. The zero-order chi connectivity index (χ0) is 24.5. The number of carbonyl (C=O) groups is 2. The Labute approximate surface area is 217 Å². The minimum Gasteiger partial charge on any atom is -0.484 e. The average molecular weight is 588 g/mol. The third-order valence-corrected chi connectivity index (χ3v) is 6.14. The fourth-order valence-corrected chi connectivity index (χ4v) is 4.24. The van der Waals surface area contributed by atoms with Gasteiger partial charge in [0.15, 0.2) is 6.61 Å². The number of nitrogens with one attached hydrogen (secondary N) is 1. The van der Waals surface area contributed by atoms with E-state index >= 15 is 0 Å². The first-order valence-corrected chi connectivity index (χ1v) is 12.7. The number of ether oxygens (including phenoxy) is 1. The van der Waals surface area contributed by atoms with Gasteiger partial charge in [-0.3, -0.25) is 9.59 Å². The molecule has 0 aliphatic heterocycles. The third-order valence-electron chi connectivity index (χ3n) is 5.12. The van der Waals surface area contributed by atoms with Crippen molar-refractivity contribution in [3.63, 3.8) is 0 Å². The summed E-state index contributed by atoms with van der Waals surface area (Å²) in [5, 5.41) is 2.99. The molecule has 0 unspecified atom stereocenters. The predicted octanol–water partition coefficient (Wildman–Crippen LogP) is 5.76. The van der Waals surface area contributed by atoms with Crippen LogP contribution in [0.2, 0.25) is 0 Å². The predicted molar refractivity (Wildman–Crippen MR) is 142 cm³/mol. The average Bonchev–Trinajstić information content (AvgIpc) is 2.81. The number of hydrogen-bond acceptors (Lipinski definition) is 3. The lowest BCUT2D eigenvalue weighted by atomic mass is 10.0. The van der Waals surface area contributed by atoms with Gasteiger partial charge in [-0.15, -0.1) is 0 Å². The summed E-state index contributed by atoms with van der Waals surface area (Å²) >= 11 is 6.90. The van der Waals surface area contributed by atoms with Crippen molar-refractivity contribution in [3.05, 3.63) is 98.9 Å². The largest absolute Gasteiger partial charge is 0.484 e. The Bertz CT molecular complexity index is 1090. The van der Waals surface area contributed by atoms with Gasteiger partial charge in [0.1, 0.15) is 11.8 Å². The highest BCUT2D eigenvalue weighted by Gasteiger charge is 2.31. The van der Waals surface area contributed by atoms with Crippen molar-refractivity contribution in [2.75, 3.05) is 6.61 Å². The highest BCUT2D eigenvalue weighted by molar-refractivity contribution is 9.10. The van der Waals surface area contributed by atoms with E-state index in [4.69, 9.17) is 4.74 Å². The summed E-state index contributed by atoms with van der Waals surface area (Å²) in [6.45, 7) is 3.93. The van der Waals surface area contributed by atoms with Crippen LogP contribution >= 0.6 is 31.9 Å². The molecule has 0 saturated heterocycles. The van der Waals surface area contributed by atoms with Crippen molar-refractivity contribution in [1.29, 1.82) is 0 Å². The lowest BCUT2D eigenvalue weighted by Gasteiger charge is -2.32. The molecule has 0 fully saturated rings. The molecule has 0 spiro atoms. The molecule has 0 heterocycles. The van der Waals surface area contributed by atoms with Crippen LogP contribution in [0.3, 0.4) is 0 Å². The molecule has 34 heavy (non-hydrogen) atoms. The molecule has 2 amide bonds. The van der Waals surface area contributed by atoms with Crippen LogP contribution in [0.25, 0.3) is 0 Å². The SMILES string of the molecule is CC(C)NC(=O)[C@H](Cc1ccccc1)N(Cc1cccc(Br)c1)C(=O)COc1ccc(Br)cc1. The lowest BCUT2D eigenvalue weighted by Crippen LogP contribution is -2.52. The molecule has 3 aromatic rings. The van der Waals surface area contributed by atoms with Gasteiger partial charge in [0, 0.05) is 28.0 Å². The van der Waals surface area contributed by atoms with Gasteiger partial charge in [0.05, 0.1) is 0 Å². The second kappa shape index (κ2) is 12.7. The summed E-state index contributed by atoms with van der Waals surface area (Å²) in [6.07, 6.45) is 0.400. The number of benzene rings is 3. The molecule has 0 bridgehead atoms. The number of hydrogen-bond donors (Lipinski definition) is 1. The van der Waals surface area contributed by atoms with Gasteiger partial charge in [0.2, 0.25) is 5.91 Å². The molecule has 178 valence electrons. The zero-order valence-electron chi connectivity index (χ0n) is 19.2. The first-order chi connectivity index (χ1) is 16.3. The summed E-state index contributed by atoms with van der Waals surface area (Å²) in [5.41, 5.74) is 1.90. The fourth-order valence-electron chi connectivity index (χ4n) is 3.53. The van der Waals surface area contributed by atoms with Crippen molar-refractivity contribution in [3.8, 4) is 5.75 Å². The Morgan fingerprint density at radius 1 is 0.882 bits per heavy atom. The van der Waals surface area contributed by atoms with Gasteiger partial charge in [-0.1, -0.05) is 74.3 Å². The molecule has 0 aliphatic rings. The van der Waals surface area contributed by atoms with Crippen LogP contribution in [0.5, 0.6) is 5.75 Å². The van der Waals surface area contributed by atoms with Crippen molar-refractivity contribution in [1.82, 2.24) is 10.2 Å². The van der Waals surface area contributed by atoms with Crippen LogP contribution in [0.4, 0.5) is 0 Å². The topological polar surface area (TPSA) is 58.6 Å². The van der Waals surface area contributed by atoms with E-state index in [1.807, 2.05) is 80.6 Å². The standard InChI is InChI=1S/C27H28Br2N2O3/c1-19(2)30-27(33)25(16-20-7-4-3-5-8-20)31(17-21-9-6-10-23(29)15-21)26(32)18-34-24-13-11-22(28)12-14-24/h3-15,19,25H,16-18H2,1-2H3,(H,30,33)/t25-/m0/s1. The molecule has 3 aromatic carbocycles.